The molecule has 0 spiro atoms. The van der Waals surface area contributed by atoms with E-state index in [1.165, 1.54) is 0 Å². The molecule has 1 aliphatic rings. The van der Waals surface area contributed by atoms with Crippen LogP contribution in [0.1, 0.15) is 20.3 Å². The van der Waals surface area contributed by atoms with Gasteiger partial charge in [-0.3, -0.25) is 0 Å². The second kappa shape index (κ2) is 7.09. The van der Waals surface area contributed by atoms with Gasteiger partial charge in [-0.25, -0.2) is 0 Å². The summed E-state index contributed by atoms with van der Waals surface area (Å²) in [6, 6.07) is 15.1. The summed E-state index contributed by atoms with van der Waals surface area (Å²) in [5, 5.41) is 0. The van der Waals surface area contributed by atoms with Crippen LogP contribution in [0.3, 0.4) is 0 Å². The lowest BCUT2D eigenvalue weighted by Crippen LogP contribution is -2.12. The van der Waals surface area contributed by atoms with Crippen molar-refractivity contribution in [3.05, 3.63) is 60.6 Å². The molecule has 3 rings (SSSR count). The van der Waals surface area contributed by atoms with Crippen LogP contribution >= 0.6 is 0 Å². The molecule has 1 unspecified atom stereocenters. The Bertz CT molecular complexity index is 676. The first-order valence-electron chi connectivity index (χ1n) is 7.76. The summed E-state index contributed by atoms with van der Waals surface area (Å²) in [5.74, 6) is 3.64. The number of hydrogen-bond donors (Lipinski definition) is 0. The maximum Gasteiger partial charge on any atom is 0.177 e. The summed E-state index contributed by atoms with van der Waals surface area (Å²) >= 11 is 0. The third-order valence-corrected chi connectivity index (χ3v) is 3.52. The van der Waals surface area contributed by atoms with Gasteiger partial charge in [0.1, 0.15) is 24.4 Å². The van der Waals surface area contributed by atoms with E-state index < -0.39 is 0 Å². The molecule has 0 fully saturated rings. The lowest BCUT2D eigenvalue weighted by molar-refractivity contribution is 0.216. The van der Waals surface area contributed by atoms with Crippen LogP contribution in [0.5, 0.6) is 23.0 Å². The van der Waals surface area contributed by atoms with E-state index in [1.54, 1.807) is 6.26 Å². The molecule has 0 saturated carbocycles. The van der Waals surface area contributed by atoms with Gasteiger partial charge in [0.05, 0.1) is 6.10 Å². The predicted molar refractivity (Wildman–Crippen MR) is 88.1 cm³/mol. The Labute approximate surface area is 136 Å². The lowest BCUT2D eigenvalue weighted by Gasteiger charge is -2.18. The summed E-state index contributed by atoms with van der Waals surface area (Å²) in [6.45, 7) is 4.45. The number of benzene rings is 2. The van der Waals surface area contributed by atoms with Crippen molar-refractivity contribution < 1.29 is 18.9 Å². The summed E-state index contributed by atoms with van der Waals surface area (Å²) in [7, 11) is 0. The van der Waals surface area contributed by atoms with Crippen LogP contribution in [0.2, 0.25) is 0 Å². The zero-order valence-electron chi connectivity index (χ0n) is 13.3. The maximum absolute atomic E-state index is 5.74. The molecule has 120 valence electrons. The molecule has 0 aliphatic carbocycles. The Morgan fingerprint density at radius 2 is 1.65 bits per heavy atom. The van der Waals surface area contributed by atoms with Gasteiger partial charge in [-0.05, 0) is 49.7 Å². The molecule has 0 N–H and O–H groups in total. The van der Waals surface area contributed by atoms with Gasteiger partial charge in [-0.1, -0.05) is 19.1 Å². The van der Waals surface area contributed by atoms with Crippen molar-refractivity contribution >= 4 is 0 Å². The van der Waals surface area contributed by atoms with Gasteiger partial charge in [0.25, 0.3) is 0 Å². The van der Waals surface area contributed by atoms with Gasteiger partial charge in [0.15, 0.2) is 17.3 Å². The SMILES string of the molecule is CCC(C)Oc1ccc(OCC2=COc3ccccc3O2)cc1. The van der Waals surface area contributed by atoms with Crippen LogP contribution in [-0.4, -0.2) is 12.7 Å². The zero-order valence-corrected chi connectivity index (χ0v) is 13.3. The Hall–Kier alpha value is -2.62. The lowest BCUT2D eigenvalue weighted by atomic mass is 10.3. The van der Waals surface area contributed by atoms with Gasteiger partial charge in [-0.15, -0.1) is 0 Å². The molecular weight excluding hydrogens is 292 g/mol. The van der Waals surface area contributed by atoms with Gasteiger partial charge < -0.3 is 18.9 Å². The molecule has 0 aromatic heterocycles. The third kappa shape index (κ3) is 3.97. The number of hydrogen-bond acceptors (Lipinski definition) is 4. The highest BCUT2D eigenvalue weighted by Crippen LogP contribution is 2.31. The van der Waals surface area contributed by atoms with E-state index in [0.29, 0.717) is 23.9 Å². The molecule has 1 aliphatic heterocycles. The average Bonchev–Trinajstić information content (AvgIpc) is 2.61. The molecule has 23 heavy (non-hydrogen) atoms. The van der Waals surface area contributed by atoms with E-state index in [-0.39, 0.29) is 6.10 Å². The van der Waals surface area contributed by atoms with E-state index >= 15 is 0 Å². The molecule has 0 amide bonds. The first-order chi connectivity index (χ1) is 11.2. The summed E-state index contributed by atoms with van der Waals surface area (Å²) in [5.41, 5.74) is 0. The Morgan fingerprint density at radius 3 is 2.39 bits per heavy atom. The van der Waals surface area contributed by atoms with Crippen molar-refractivity contribution in [1.29, 1.82) is 0 Å². The molecule has 0 radical (unpaired) electrons. The van der Waals surface area contributed by atoms with E-state index in [1.807, 2.05) is 48.5 Å². The molecular formula is C19H20O4. The van der Waals surface area contributed by atoms with Gasteiger partial charge in [0.2, 0.25) is 0 Å². The smallest absolute Gasteiger partial charge is 0.177 e. The fourth-order valence-corrected chi connectivity index (χ4v) is 2.07. The second-order valence-electron chi connectivity index (χ2n) is 5.35. The summed E-state index contributed by atoms with van der Waals surface area (Å²) in [6.07, 6.45) is 2.76. The highest BCUT2D eigenvalue weighted by molar-refractivity contribution is 5.42. The van der Waals surface area contributed by atoms with E-state index in [2.05, 4.69) is 13.8 Å². The third-order valence-electron chi connectivity index (χ3n) is 3.52. The minimum Gasteiger partial charge on any atom is -0.491 e. The number of rotatable bonds is 6. The molecule has 1 atom stereocenters. The Kier molecular flexibility index (Phi) is 4.71. The molecule has 0 saturated heterocycles. The van der Waals surface area contributed by atoms with Crippen LogP contribution in [0.15, 0.2) is 60.6 Å². The van der Waals surface area contributed by atoms with Crippen molar-refractivity contribution in [3.63, 3.8) is 0 Å². The monoisotopic (exact) mass is 312 g/mol. The van der Waals surface area contributed by atoms with E-state index in [4.69, 9.17) is 18.9 Å². The van der Waals surface area contributed by atoms with E-state index in [9.17, 15) is 0 Å². The Balaban J connectivity index is 1.54. The standard InChI is InChI=1S/C19H20O4/c1-3-14(2)22-16-10-8-15(9-11-16)20-12-17-13-21-18-6-4-5-7-19(18)23-17/h4-11,13-14H,3,12H2,1-2H3. The van der Waals surface area contributed by atoms with Crippen molar-refractivity contribution in [1.82, 2.24) is 0 Å². The van der Waals surface area contributed by atoms with Crippen LogP contribution in [-0.2, 0) is 0 Å². The fraction of sp³-hybridized carbons (Fsp3) is 0.263. The molecule has 2 aromatic rings. The van der Waals surface area contributed by atoms with Crippen LogP contribution in [0, 0.1) is 0 Å². The van der Waals surface area contributed by atoms with E-state index in [0.717, 1.165) is 17.9 Å². The highest BCUT2D eigenvalue weighted by atomic mass is 16.6. The minimum atomic E-state index is 0.208. The first-order valence-corrected chi connectivity index (χ1v) is 7.76. The van der Waals surface area contributed by atoms with Crippen LogP contribution in [0.4, 0.5) is 0 Å². The van der Waals surface area contributed by atoms with Crippen molar-refractivity contribution in [2.45, 2.75) is 26.4 Å². The largest absolute Gasteiger partial charge is 0.491 e. The van der Waals surface area contributed by atoms with Crippen molar-refractivity contribution in [3.8, 4) is 23.0 Å². The molecule has 0 bridgehead atoms. The average molecular weight is 312 g/mol. The number of fused-ring (bicyclic) bond motifs is 1. The first kappa shape index (κ1) is 15.3. The van der Waals surface area contributed by atoms with Crippen LogP contribution < -0.4 is 18.9 Å². The Morgan fingerprint density at radius 1 is 0.957 bits per heavy atom. The second-order valence-corrected chi connectivity index (χ2v) is 5.35. The zero-order chi connectivity index (χ0) is 16.1. The molecule has 1 heterocycles. The topological polar surface area (TPSA) is 36.9 Å². The maximum atomic E-state index is 5.74. The number of para-hydroxylation sites is 2. The summed E-state index contributed by atoms with van der Waals surface area (Å²) in [4.78, 5) is 0. The molecule has 2 aromatic carbocycles. The number of ether oxygens (including phenoxy) is 4. The normalized spacial score (nSPS) is 13.9. The van der Waals surface area contributed by atoms with Gasteiger partial charge >= 0.3 is 0 Å². The van der Waals surface area contributed by atoms with Gasteiger partial charge in [-0.2, -0.15) is 0 Å². The summed E-state index contributed by atoms with van der Waals surface area (Å²) < 4.78 is 22.7. The minimum absolute atomic E-state index is 0.208. The van der Waals surface area contributed by atoms with Crippen molar-refractivity contribution in [2.75, 3.05) is 6.61 Å². The quantitative estimate of drug-likeness (QED) is 0.784. The van der Waals surface area contributed by atoms with Crippen molar-refractivity contribution in [2.24, 2.45) is 0 Å². The van der Waals surface area contributed by atoms with Gasteiger partial charge in [0, 0.05) is 0 Å². The van der Waals surface area contributed by atoms with Crippen LogP contribution in [0.25, 0.3) is 0 Å². The predicted octanol–water partition coefficient (Wildman–Crippen LogP) is 4.56. The highest BCUT2D eigenvalue weighted by Gasteiger charge is 2.13. The molecule has 4 heteroatoms. The fourth-order valence-electron chi connectivity index (χ4n) is 2.07. The molecule has 4 nitrogen and oxygen atoms in total.